The fraction of sp³-hybridized carbons (Fsp3) is 0.760. The van der Waals surface area contributed by atoms with E-state index in [1.54, 1.807) is 12.1 Å². The second-order valence-corrected chi connectivity index (χ2v) is 9.80. The van der Waals surface area contributed by atoms with Crippen LogP contribution < -0.4 is 5.73 Å². The van der Waals surface area contributed by atoms with E-state index < -0.39 is 10.1 Å². The lowest BCUT2D eigenvalue weighted by Gasteiger charge is -2.03. The van der Waals surface area contributed by atoms with Crippen LogP contribution in [0.4, 0.5) is 0 Å². The van der Waals surface area contributed by atoms with Crippen molar-refractivity contribution >= 4 is 10.1 Å². The standard InChI is InChI=1S/C18H39N.C7H8O3S/c1-2-3-4-5-6-7-8-9-10-11-12-13-14-15-16-17-18-19;1-6-2-4-7(5-3-6)11(8,9)10/h2-19H2,1H3;2-5H,1H3,(H,8,9,10). The molecule has 0 radical (unpaired) electrons. The molecule has 176 valence electrons. The van der Waals surface area contributed by atoms with E-state index in [-0.39, 0.29) is 4.90 Å². The SMILES string of the molecule is CCCCCCCCCCCCCCCCCCN.Cc1ccc(S(=O)(=O)O)cc1. The molecule has 3 N–H and O–H groups in total. The minimum Gasteiger partial charge on any atom is -0.330 e. The highest BCUT2D eigenvalue weighted by atomic mass is 32.2. The number of nitrogens with two attached hydrogens (primary N) is 1. The Hall–Kier alpha value is -0.910. The van der Waals surface area contributed by atoms with Crippen molar-refractivity contribution in [1.29, 1.82) is 0 Å². The van der Waals surface area contributed by atoms with Gasteiger partial charge in [-0.25, -0.2) is 0 Å². The molecule has 0 fully saturated rings. The molecule has 0 aromatic heterocycles. The Kier molecular flexibility index (Phi) is 19.4. The maximum atomic E-state index is 10.5. The van der Waals surface area contributed by atoms with Gasteiger partial charge in [-0.05, 0) is 32.0 Å². The van der Waals surface area contributed by atoms with E-state index in [1.807, 2.05) is 6.92 Å². The van der Waals surface area contributed by atoms with E-state index in [1.165, 1.54) is 115 Å². The second kappa shape index (κ2) is 20.0. The number of benzene rings is 1. The lowest BCUT2D eigenvalue weighted by atomic mass is 10.0. The van der Waals surface area contributed by atoms with Crippen LogP contribution in [-0.2, 0) is 10.1 Å². The molecule has 0 atom stereocenters. The predicted octanol–water partition coefficient (Wildman–Crippen LogP) is 7.45. The van der Waals surface area contributed by atoms with Crippen LogP contribution in [0.3, 0.4) is 0 Å². The first-order valence-corrected chi connectivity index (χ1v) is 13.6. The Morgan fingerprint density at radius 1 is 0.667 bits per heavy atom. The Morgan fingerprint density at radius 2 is 1.00 bits per heavy atom. The molecule has 0 aliphatic rings. The van der Waals surface area contributed by atoms with Gasteiger partial charge in [0.05, 0.1) is 4.90 Å². The average Bonchev–Trinajstić information content (AvgIpc) is 2.71. The minimum atomic E-state index is -4.02. The van der Waals surface area contributed by atoms with E-state index >= 15 is 0 Å². The molecular formula is C25H47NO3S. The monoisotopic (exact) mass is 441 g/mol. The summed E-state index contributed by atoms with van der Waals surface area (Å²) in [6.07, 6.45) is 22.9. The van der Waals surface area contributed by atoms with Gasteiger partial charge >= 0.3 is 0 Å². The molecule has 0 unspecified atom stereocenters. The molecule has 0 saturated carbocycles. The van der Waals surface area contributed by atoms with Crippen LogP contribution in [0, 0.1) is 6.92 Å². The van der Waals surface area contributed by atoms with Crippen molar-refractivity contribution in [3.05, 3.63) is 29.8 Å². The van der Waals surface area contributed by atoms with Gasteiger partial charge in [-0.3, -0.25) is 4.55 Å². The zero-order valence-electron chi connectivity index (χ0n) is 19.6. The lowest BCUT2D eigenvalue weighted by molar-refractivity contribution is 0.483. The Labute approximate surface area is 186 Å². The van der Waals surface area contributed by atoms with E-state index in [9.17, 15) is 8.42 Å². The molecular weight excluding hydrogens is 394 g/mol. The predicted molar refractivity (Wildman–Crippen MR) is 130 cm³/mol. The smallest absolute Gasteiger partial charge is 0.294 e. The van der Waals surface area contributed by atoms with Crippen LogP contribution in [-0.4, -0.2) is 19.5 Å². The van der Waals surface area contributed by atoms with Crippen LogP contribution in [0.1, 0.15) is 115 Å². The summed E-state index contributed by atoms with van der Waals surface area (Å²) in [6.45, 7) is 5.00. The van der Waals surface area contributed by atoms with Gasteiger partial charge in [-0.1, -0.05) is 121 Å². The third-order valence-electron chi connectivity index (χ3n) is 5.38. The van der Waals surface area contributed by atoms with Crippen LogP contribution in [0.15, 0.2) is 29.2 Å². The highest BCUT2D eigenvalue weighted by molar-refractivity contribution is 7.85. The van der Waals surface area contributed by atoms with Gasteiger partial charge in [0.15, 0.2) is 0 Å². The number of hydrogen-bond acceptors (Lipinski definition) is 3. The van der Waals surface area contributed by atoms with Crippen molar-refractivity contribution in [2.24, 2.45) is 5.73 Å². The topological polar surface area (TPSA) is 80.4 Å². The maximum Gasteiger partial charge on any atom is 0.294 e. The Morgan fingerprint density at radius 3 is 1.30 bits per heavy atom. The summed E-state index contributed by atoms with van der Waals surface area (Å²) in [4.78, 5) is -0.0666. The number of rotatable bonds is 17. The highest BCUT2D eigenvalue weighted by Gasteiger charge is 2.06. The van der Waals surface area contributed by atoms with E-state index in [2.05, 4.69) is 6.92 Å². The highest BCUT2D eigenvalue weighted by Crippen LogP contribution is 2.13. The Bertz CT molecular complexity index is 569. The van der Waals surface area contributed by atoms with Crippen molar-refractivity contribution in [3.63, 3.8) is 0 Å². The zero-order valence-corrected chi connectivity index (χ0v) is 20.4. The third-order valence-corrected chi connectivity index (χ3v) is 6.24. The first kappa shape index (κ1) is 29.1. The minimum absolute atomic E-state index is 0.0666. The van der Waals surface area contributed by atoms with Crippen LogP contribution in [0.5, 0.6) is 0 Å². The van der Waals surface area contributed by atoms with Crippen LogP contribution in [0.2, 0.25) is 0 Å². The molecule has 1 rings (SSSR count). The van der Waals surface area contributed by atoms with Crippen molar-refractivity contribution in [1.82, 2.24) is 0 Å². The fourth-order valence-corrected chi connectivity index (χ4v) is 3.88. The average molecular weight is 442 g/mol. The first-order chi connectivity index (χ1) is 14.4. The number of unbranched alkanes of at least 4 members (excludes halogenated alkanes) is 15. The van der Waals surface area contributed by atoms with Gasteiger partial charge in [0.25, 0.3) is 10.1 Å². The molecule has 30 heavy (non-hydrogen) atoms. The fourth-order valence-electron chi connectivity index (χ4n) is 3.40. The molecule has 4 nitrogen and oxygen atoms in total. The van der Waals surface area contributed by atoms with Gasteiger partial charge in [-0.2, -0.15) is 8.42 Å². The van der Waals surface area contributed by atoms with Crippen molar-refractivity contribution < 1.29 is 13.0 Å². The molecule has 0 aliphatic heterocycles. The third kappa shape index (κ3) is 19.1. The quantitative estimate of drug-likeness (QED) is 0.194. The van der Waals surface area contributed by atoms with Crippen molar-refractivity contribution in [2.45, 2.75) is 121 Å². The van der Waals surface area contributed by atoms with Gasteiger partial charge in [0.2, 0.25) is 0 Å². The molecule has 0 heterocycles. The van der Waals surface area contributed by atoms with E-state index in [4.69, 9.17) is 10.3 Å². The number of aryl methyl sites for hydroxylation is 1. The summed E-state index contributed by atoms with van der Waals surface area (Å²) >= 11 is 0. The molecule has 0 aliphatic carbocycles. The summed E-state index contributed by atoms with van der Waals surface area (Å²) in [6, 6.07) is 5.99. The molecule has 1 aromatic rings. The number of hydrogen-bond donors (Lipinski definition) is 2. The summed E-state index contributed by atoms with van der Waals surface area (Å²) in [5.41, 5.74) is 6.44. The normalized spacial score (nSPS) is 11.2. The molecule has 0 amide bonds. The molecule has 0 saturated heterocycles. The molecule has 1 aromatic carbocycles. The molecule has 0 spiro atoms. The zero-order chi connectivity index (χ0) is 22.5. The summed E-state index contributed by atoms with van der Waals surface area (Å²) in [7, 11) is -4.02. The van der Waals surface area contributed by atoms with Gasteiger partial charge in [0.1, 0.15) is 0 Å². The summed E-state index contributed by atoms with van der Waals surface area (Å²) < 4.78 is 29.6. The van der Waals surface area contributed by atoms with Gasteiger partial charge < -0.3 is 5.73 Å². The lowest BCUT2D eigenvalue weighted by Crippen LogP contribution is -1.97. The van der Waals surface area contributed by atoms with E-state index in [0.717, 1.165) is 12.1 Å². The van der Waals surface area contributed by atoms with Gasteiger partial charge in [0, 0.05) is 0 Å². The summed E-state index contributed by atoms with van der Waals surface area (Å²) in [5.74, 6) is 0. The van der Waals surface area contributed by atoms with Crippen molar-refractivity contribution in [2.75, 3.05) is 6.54 Å². The van der Waals surface area contributed by atoms with E-state index in [0.29, 0.717) is 0 Å². The second-order valence-electron chi connectivity index (χ2n) is 8.38. The van der Waals surface area contributed by atoms with Gasteiger partial charge in [-0.15, -0.1) is 0 Å². The maximum absolute atomic E-state index is 10.5. The Balaban J connectivity index is 0.000000642. The van der Waals surface area contributed by atoms with Crippen LogP contribution >= 0.6 is 0 Å². The van der Waals surface area contributed by atoms with Crippen LogP contribution in [0.25, 0.3) is 0 Å². The first-order valence-electron chi connectivity index (χ1n) is 12.2. The van der Waals surface area contributed by atoms with Crippen molar-refractivity contribution in [3.8, 4) is 0 Å². The summed E-state index contributed by atoms with van der Waals surface area (Å²) in [5, 5.41) is 0. The largest absolute Gasteiger partial charge is 0.330 e. The molecule has 0 bridgehead atoms. The molecule has 5 heteroatoms.